The number of aliphatic hydroxyl groups excluding tert-OH is 1. The number of urea groups is 1. The fourth-order valence-corrected chi connectivity index (χ4v) is 2.13. The number of carbonyl (C=O) groups is 1. The van der Waals surface area contributed by atoms with E-state index in [1.54, 1.807) is 17.3 Å². The summed E-state index contributed by atoms with van der Waals surface area (Å²) >= 11 is 0. The molecule has 2 amide bonds. The molecule has 22 heavy (non-hydrogen) atoms. The van der Waals surface area contributed by atoms with Gasteiger partial charge in [0.05, 0.1) is 6.61 Å². The number of rotatable bonds is 7. The van der Waals surface area contributed by atoms with Gasteiger partial charge in [-0.15, -0.1) is 0 Å². The van der Waals surface area contributed by atoms with Gasteiger partial charge in [-0.2, -0.15) is 0 Å². The van der Waals surface area contributed by atoms with Crippen molar-refractivity contribution in [3.63, 3.8) is 0 Å². The third-order valence-electron chi connectivity index (χ3n) is 3.36. The van der Waals surface area contributed by atoms with Crippen molar-refractivity contribution in [2.45, 2.75) is 13.0 Å². The SMILES string of the molecule is O=C(NCc1ccncc1)N(CCO)CCc1ccccc1. The second kappa shape index (κ2) is 8.79. The van der Waals surface area contributed by atoms with Crippen LogP contribution in [0.3, 0.4) is 0 Å². The minimum Gasteiger partial charge on any atom is -0.395 e. The average molecular weight is 299 g/mol. The molecule has 0 spiro atoms. The van der Waals surface area contributed by atoms with Crippen LogP contribution >= 0.6 is 0 Å². The van der Waals surface area contributed by atoms with Gasteiger partial charge in [-0.05, 0) is 29.7 Å². The van der Waals surface area contributed by atoms with Crippen molar-refractivity contribution in [1.29, 1.82) is 0 Å². The summed E-state index contributed by atoms with van der Waals surface area (Å²) in [4.78, 5) is 17.8. The van der Waals surface area contributed by atoms with Gasteiger partial charge in [-0.3, -0.25) is 4.98 Å². The molecule has 0 saturated carbocycles. The van der Waals surface area contributed by atoms with Crippen LogP contribution in [0.15, 0.2) is 54.9 Å². The third kappa shape index (κ3) is 5.18. The monoisotopic (exact) mass is 299 g/mol. The van der Waals surface area contributed by atoms with E-state index in [4.69, 9.17) is 5.11 Å². The van der Waals surface area contributed by atoms with Crippen molar-refractivity contribution in [2.24, 2.45) is 0 Å². The van der Waals surface area contributed by atoms with E-state index in [2.05, 4.69) is 10.3 Å². The molecule has 0 unspecified atom stereocenters. The van der Waals surface area contributed by atoms with Gasteiger partial charge in [0.25, 0.3) is 0 Å². The maximum Gasteiger partial charge on any atom is 0.317 e. The first-order chi connectivity index (χ1) is 10.8. The number of carbonyl (C=O) groups excluding carboxylic acids is 1. The number of aromatic nitrogens is 1. The summed E-state index contributed by atoms with van der Waals surface area (Å²) in [6.45, 7) is 1.31. The van der Waals surface area contributed by atoms with Gasteiger partial charge >= 0.3 is 6.03 Å². The Balaban J connectivity index is 1.85. The molecule has 1 aromatic carbocycles. The molecule has 5 nitrogen and oxygen atoms in total. The zero-order chi connectivity index (χ0) is 15.6. The lowest BCUT2D eigenvalue weighted by molar-refractivity contribution is 0.177. The lowest BCUT2D eigenvalue weighted by atomic mass is 10.1. The zero-order valence-corrected chi connectivity index (χ0v) is 12.5. The van der Waals surface area contributed by atoms with Crippen molar-refractivity contribution in [3.8, 4) is 0 Å². The van der Waals surface area contributed by atoms with Crippen LogP contribution < -0.4 is 5.32 Å². The molecule has 1 heterocycles. The Bertz CT molecular complexity index is 561. The molecule has 0 bridgehead atoms. The summed E-state index contributed by atoms with van der Waals surface area (Å²) in [5.41, 5.74) is 2.17. The van der Waals surface area contributed by atoms with Crippen molar-refractivity contribution in [2.75, 3.05) is 19.7 Å². The Labute approximate surface area is 130 Å². The molecule has 0 aliphatic carbocycles. The third-order valence-corrected chi connectivity index (χ3v) is 3.36. The minimum atomic E-state index is -0.165. The number of amides is 2. The lowest BCUT2D eigenvalue weighted by Crippen LogP contribution is -2.42. The number of benzene rings is 1. The van der Waals surface area contributed by atoms with Crippen LogP contribution in [0.2, 0.25) is 0 Å². The average Bonchev–Trinajstić information content (AvgIpc) is 2.58. The Hall–Kier alpha value is -2.40. The van der Waals surface area contributed by atoms with Gasteiger partial charge < -0.3 is 15.3 Å². The number of aliphatic hydroxyl groups is 1. The molecule has 5 heteroatoms. The Morgan fingerprint density at radius 1 is 1.05 bits per heavy atom. The van der Waals surface area contributed by atoms with E-state index >= 15 is 0 Å². The molecule has 116 valence electrons. The molecular weight excluding hydrogens is 278 g/mol. The molecule has 0 saturated heterocycles. The smallest absolute Gasteiger partial charge is 0.317 e. The molecule has 0 atom stereocenters. The Kier molecular flexibility index (Phi) is 6.39. The van der Waals surface area contributed by atoms with Crippen molar-refractivity contribution in [3.05, 3.63) is 66.0 Å². The number of nitrogens with zero attached hydrogens (tertiary/aromatic N) is 2. The number of hydrogen-bond donors (Lipinski definition) is 2. The molecular formula is C17H21N3O2. The Morgan fingerprint density at radius 2 is 1.77 bits per heavy atom. The summed E-state index contributed by atoms with van der Waals surface area (Å²) < 4.78 is 0. The quantitative estimate of drug-likeness (QED) is 0.820. The van der Waals surface area contributed by atoms with Crippen molar-refractivity contribution in [1.82, 2.24) is 15.2 Å². The van der Waals surface area contributed by atoms with E-state index in [0.29, 0.717) is 19.6 Å². The second-order valence-corrected chi connectivity index (χ2v) is 4.96. The lowest BCUT2D eigenvalue weighted by Gasteiger charge is -2.22. The maximum absolute atomic E-state index is 12.2. The van der Waals surface area contributed by atoms with Gasteiger partial charge in [0.15, 0.2) is 0 Å². The molecule has 2 rings (SSSR count). The van der Waals surface area contributed by atoms with E-state index in [1.165, 1.54) is 5.56 Å². The molecule has 1 aromatic heterocycles. The van der Waals surface area contributed by atoms with Gasteiger partial charge in [0.2, 0.25) is 0 Å². The standard InChI is InChI=1S/C17H21N3O2/c21-13-12-20(11-8-15-4-2-1-3-5-15)17(22)19-14-16-6-9-18-10-7-16/h1-7,9-10,21H,8,11-14H2,(H,19,22). The van der Waals surface area contributed by atoms with Crippen molar-refractivity contribution < 1.29 is 9.90 Å². The van der Waals surface area contributed by atoms with Crippen LogP contribution in [0.5, 0.6) is 0 Å². The Morgan fingerprint density at radius 3 is 2.45 bits per heavy atom. The summed E-state index contributed by atoms with van der Waals surface area (Å²) in [6.07, 6.45) is 4.16. The van der Waals surface area contributed by atoms with E-state index in [0.717, 1.165) is 12.0 Å². The first kappa shape index (κ1) is 16.0. The van der Waals surface area contributed by atoms with Crippen LogP contribution in [0.25, 0.3) is 0 Å². The van der Waals surface area contributed by atoms with Gasteiger partial charge in [-0.25, -0.2) is 4.79 Å². The highest BCUT2D eigenvalue weighted by atomic mass is 16.3. The fraction of sp³-hybridized carbons (Fsp3) is 0.294. The molecule has 0 radical (unpaired) electrons. The summed E-state index contributed by atoms with van der Waals surface area (Å²) in [6, 6.07) is 13.6. The predicted octanol–water partition coefficient (Wildman–Crippen LogP) is 1.83. The molecule has 0 aliphatic rings. The second-order valence-electron chi connectivity index (χ2n) is 4.96. The molecule has 2 aromatic rings. The normalized spacial score (nSPS) is 10.2. The van der Waals surface area contributed by atoms with Gasteiger partial charge in [-0.1, -0.05) is 30.3 Å². The summed E-state index contributed by atoms with van der Waals surface area (Å²) in [5.74, 6) is 0. The number of pyridine rings is 1. The van der Waals surface area contributed by atoms with E-state index in [9.17, 15) is 4.79 Å². The highest BCUT2D eigenvalue weighted by molar-refractivity contribution is 5.74. The first-order valence-corrected chi connectivity index (χ1v) is 7.36. The van der Waals surface area contributed by atoms with Crippen LogP contribution in [0.1, 0.15) is 11.1 Å². The highest BCUT2D eigenvalue weighted by Gasteiger charge is 2.12. The number of hydrogen-bond acceptors (Lipinski definition) is 3. The van der Waals surface area contributed by atoms with Crippen LogP contribution in [0.4, 0.5) is 4.79 Å². The van der Waals surface area contributed by atoms with Crippen LogP contribution in [-0.4, -0.2) is 40.7 Å². The molecule has 0 aliphatic heterocycles. The van der Waals surface area contributed by atoms with Gasteiger partial charge in [0, 0.05) is 32.0 Å². The fourth-order valence-electron chi connectivity index (χ4n) is 2.13. The van der Waals surface area contributed by atoms with E-state index < -0.39 is 0 Å². The van der Waals surface area contributed by atoms with Crippen LogP contribution in [0, 0.1) is 0 Å². The number of nitrogens with one attached hydrogen (secondary N) is 1. The summed E-state index contributed by atoms with van der Waals surface area (Å²) in [5, 5.41) is 12.0. The van der Waals surface area contributed by atoms with E-state index in [-0.39, 0.29) is 12.6 Å². The first-order valence-electron chi connectivity index (χ1n) is 7.36. The molecule has 2 N–H and O–H groups in total. The highest BCUT2D eigenvalue weighted by Crippen LogP contribution is 2.02. The van der Waals surface area contributed by atoms with E-state index in [1.807, 2.05) is 42.5 Å². The topological polar surface area (TPSA) is 65.5 Å². The zero-order valence-electron chi connectivity index (χ0n) is 12.5. The summed E-state index contributed by atoms with van der Waals surface area (Å²) in [7, 11) is 0. The van der Waals surface area contributed by atoms with Gasteiger partial charge in [0.1, 0.15) is 0 Å². The largest absolute Gasteiger partial charge is 0.395 e. The minimum absolute atomic E-state index is 0.0442. The maximum atomic E-state index is 12.2. The van der Waals surface area contributed by atoms with Crippen molar-refractivity contribution >= 4 is 6.03 Å². The van der Waals surface area contributed by atoms with Crippen LogP contribution in [-0.2, 0) is 13.0 Å². The predicted molar refractivity (Wildman–Crippen MR) is 85.3 cm³/mol. The molecule has 0 fully saturated rings.